The standard InChI is InChI=1S/C19H17N7O/c1-26-7-3-4-11(10-26)17-13(8-20)16(14-9-21-23-19(14)22-17)12-5-2-6-15-18(12)25-27-24-15/h2,5-6,9-10,16H,3-4,7H2,1H3,(H2,21,22,23). The van der Waals surface area contributed by atoms with Crippen molar-refractivity contribution in [1.29, 1.82) is 5.26 Å². The zero-order valence-corrected chi connectivity index (χ0v) is 14.7. The fraction of sp³-hybridized carbons (Fsp3) is 0.263. The van der Waals surface area contributed by atoms with Gasteiger partial charge in [0, 0.05) is 25.4 Å². The van der Waals surface area contributed by atoms with Crippen LogP contribution in [0.25, 0.3) is 11.0 Å². The van der Waals surface area contributed by atoms with E-state index in [4.69, 9.17) is 4.63 Å². The third kappa shape index (κ3) is 2.39. The highest BCUT2D eigenvalue weighted by atomic mass is 16.6. The van der Waals surface area contributed by atoms with Crippen LogP contribution in [-0.2, 0) is 0 Å². The first-order valence-corrected chi connectivity index (χ1v) is 8.83. The molecule has 1 atom stereocenters. The van der Waals surface area contributed by atoms with E-state index in [1.807, 2.05) is 18.2 Å². The summed E-state index contributed by atoms with van der Waals surface area (Å²) in [6.45, 7) is 1.02. The number of hydrogen-bond acceptors (Lipinski definition) is 7. The number of hydrogen-bond donors (Lipinski definition) is 2. The van der Waals surface area contributed by atoms with E-state index in [0.29, 0.717) is 16.6 Å². The zero-order chi connectivity index (χ0) is 18.4. The number of benzene rings is 1. The number of aromatic nitrogens is 4. The molecule has 5 rings (SSSR count). The Kier molecular flexibility index (Phi) is 3.47. The summed E-state index contributed by atoms with van der Waals surface area (Å²) in [5, 5.41) is 28.7. The molecule has 0 radical (unpaired) electrons. The number of allylic oxidation sites excluding steroid dienone is 2. The van der Waals surface area contributed by atoms with Crippen molar-refractivity contribution < 1.29 is 4.63 Å². The van der Waals surface area contributed by atoms with E-state index in [0.717, 1.165) is 47.6 Å². The quantitative estimate of drug-likeness (QED) is 0.724. The molecule has 8 heteroatoms. The van der Waals surface area contributed by atoms with Crippen molar-refractivity contribution in [3.05, 3.63) is 58.6 Å². The monoisotopic (exact) mass is 359 g/mol. The first-order chi connectivity index (χ1) is 13.3. The lowest BCUT2D eigenvalue weighted by Gasteiger charge is -2.30. The molecule has 2 aliphatic heterocycles. The van der Waals surface area contributed by atoms with Gasteiger partial charge in [-0.1, -0.05) is 12.1 Å². The number of aromatic amines is 1. The molecule has 4 heterocycles. The van der Waals surface area contributed by atoms with E-state index >= 15 is 0 Å². The molecule has 1 aromatic carbocycles. The van der Waals surface area contributed by atoms with Crippen molar-refractivity contribution >= 4 is 16.9 Å². The molecule has 134 valence electrons. The van der Waals surface area contributed by atoms with E-state index in [1.165, 1.54) is 0 Å². The highest BCUT2D eigenvalue weighted by Crippen LogP contribution is 2.44. The minimum atomic E-state index is -0.288. The van der Waals surface area contributed by atoms with Crippen LogP contribution in [0.2, 0.25) is 0 Å². The van der Waals surface area contributed by atoms with Gasteiger partial charge in [-0.3, -0.25) is 5.10 Å². The van der Waals surface area contributed by atoms with Gasteiger partial charge >= 0.3 is 0 Å². The number of H-pyrrole nitrogens is 1. The van der Waals surface area contributed by atoms with Crippen molar-refractivity contribution in [3.8, 4) is 6.07 Å². The summed E-state index contributed by atoms with van der Waals surface area (Å²) in [5.74, 6) is 0.514. The molecule has 2 aliphatic rings. The Morgan fingerprint density at radius 3 is 3.07 bits per heavy atom. The van der Waals surface area contributed by atoms with E-state index < -0.39 is 0 Å². The third-order valence-electron chi connectivity index (χ3n) is 5.19. The summed E-state index contributed by atoms with van der Waals surface area (Å²) in [7, 11) is 2.05. The second kappa shape index (κ2) is 5.99. The molecule has 1 unspecified atom stereocenters. The molecule has 0 saturated heterocycles. The van der Waals surface area contributed by atoms with Gasteiger partial charge in [0.15, 0.2) is 0 Å². The Balaban J connectivity index is 1.75. The lowest BCUT2D eigenvalue weighted by Crippen LogP contribution is -2.24. The Morgan fingerprint density at radius 2 is 2.22 bits per heavy atom. The summed E-state index contributed by atoms with van der Waals surface area (Å²) in [5.41, 5.74) is 5.76. The van der Waals surface area contributed by atoms with Gasteiger partial charge in [0.25, 0.3) is 0 Å². The first kappa shape index (κ1) is 15.6. The Morgan fingerprint density at radius 1 is 1.30 bits per heavy atom. The van der Waals surface area contributed by atoms with Crippen LogP contribution < -0.4 is 5.32 Å². The number of nitriles is 1. The number of fused-ring (bicyclic) bond motifs is 2. The maximum absolute atomic E-state index is 10.1. The Hall–Kier alpha value is -3.60. The van der Waals surface area contributed by atoms with E-state index in [2.05, 4.69) is 50.0 Å². The van der Waals surface area contributed by atoms with Crippen LogP contribution in [0, 0.1) is 11.3 Å². The fourth-order valence-corrected chi connectivity index (χ4v) is 3.97. The molecule has 0 aliphatic carbocycles. The number of anilines is 1. The molecule has 0 spiro atoms. The summed E-state index contributed by atoms with van der Waals surface area (Å²) >= 11 is 0. The molecule has 0 saturated carbocycles. The third-order valence-corrected chi connectivity index (χ3v) is 5.19. The summed E-state index contributed by atoms with van der Waals surface area (Å²) in [6, 6.07) is 8.17. The van der Waals surface area contributed by atoms with Gasteiger partial charge < -0.3 is 10.2 Å². The molecular weight excluding hydrogens is 342 g/mol. The Labute approximate surface area is 155 Å². The maximum Gasteiger partial charge on any atom is 0.139 e. The molecule has 2 N–H and O–H groups in total. The van der Waals surface area contributed by atoms with Gasteiger partial charge in [-0.25, -0.2) is 4.63 Å². The van der Waals surface area contributed by atoms with Crippen LogP contribution in [-0.4, -0.2) is 39.0 Å². The topological polar surface area (TPSA) is 107 Å². The lowest BCUT2D eigenvalue weighted by molar-refractivity contribution is 0.315. The van der Waals surface area contributed by atoms with Crippen LogP contribution in [0.4, 0.5) is 5.82 Å². The average molecular weight is 359 g/mol. The van der Waals surface area contributed by atoms with Gasteiger partial charge in [-0.05, 0) is 40.4 Å². The number of rotatable bonds is 2. The van der Waals surface area contributed by atoms with Crippen LogP contribution in [0.5, 0.6) is 0 Å². The maximum atomic E-state index is 10.1. The van der Waals surface area contributed by atoms with Crippen molar-refractivity contribution in [2.75, 3.05) is 18.9 Å². The molecule has 0 amide bonds. The van der Waals surface area contributed by atoms with E-state index in [1.54, 1.807) is 6.20 Å². The van der Waals surface area contributed by atoms with Gasteiger partial charge in [0.05, 0.1) is 29.5 Å². The van der Waals surface area contributed by atoms with Gasteiger partial charge in [0.2, 0.25) is 0 Å². The average Bonchev–Trinajstić information content (AvgIpc) is 3.35. The molecular formula is C19H17N7O. The molecule has 0 bridgehead atoms. The van der Waals surface area contributed by atoms with E-state index in [9.17, 15) is 5.26 Å². The van der Waals surface area contributed by atoms with Crippen molar-refractivity contribution in [2.24, 2.45) is 0 Å². The fourth-order valence-electron chi connectivity index (χ4n) is 3.97. The molecule has 8 nitrogen and oxygen atoms in total. The second-order valence-corrected chi connectivity index (χ2v) is 6.88. The molecule has 27 heavy (non-hydrogen) atoms. The molecule has 0 fully saturated rings. The lowest BCUT2D eigenvalue weighted by atomic mass is 9.81. The number of nitrogens with zero attached hydrogens (tertiary/aromatic N) is 5. The smallest absolute Gasteiger partial charge is 0.139 e. The van der Waals surface area contributed by atoms with Gasteiger partial charge in [-0.15, -0.1) is 0 Å². The van der Waals surface area contributed by atoms with Gasteiger partial charge in [-0.2, -0.15) is 10.4 Å². The summed E-state index contributed by atoms with van der Waals surface area (Å²) in [4.78, 5) is 2.16. The normalized spacial score (nSPS) is 19.5. The highest BCUT2D eigenvalue weighted by Gasteiger charge is 2.34. The first-order valence-electron chi connectivity index (χ1n) is 8.83. The van der Waals surface area contributed by atoms with Crippen LogP contribution in [0.3, 0.4) is 0 Å². The Bertz CT molecular complexity index is 1130. The van der Waals surface area contributed by atoms with Crippen molar-refractivity contribution in [3.63, 3.8) is 0 Å². The van der Waals surface area contributed by atoms with Crippen molar-refractivity contribution in [1.82, 2.24) is 25.4 Å². The second-order valence-electron chi connectivity index (χ2n) is 6.88. The van der Waals surface area contributed by atoms with Crippen LogP contribution >= 0.6 is 0 Å². The predicted octanol–water partition coefficient (Wildman–Crippen LogP) is 2.89. The predicted molar refractivity (Wildman–Crippen MR) is 98.4 cm³/mol. The minimum Gasteiger partial charge on any atom is -0.380 e. The van der Waals surface area contributed by atoms with E-state index in [-0.39, 0.29) is 5.92 Å². The number of nitrogens with one attached hydrogen (secondary N) is 2. The zero-order valence-electron chi connectivity index (χ0n) is 14.7. The SMILES string of the molecule is CN1C=C(C2=C(C#N)C(c3cccc4nonc34)c3cn[nH]c3N2)CCC1. The van der Waals surface area contributed by atoms with Crippen molar-refractivity contribution in [2.45, 2.75) is 18.8 Å². The largest absolute Gasteiger partial charge is 0.380 e. The molecule has 2 aromatic heterocycles. The summed E-state index contributed by atoms with van der Waals surface area (Å²) in [6.07, 6.45) is 5.84. The van der Waals surface area contributed by atoms with Crippen LogP contribution in [0.15, 0.2) is 52.1 Å². The highest BCUT2D eigenvalue weighted by molar-refractivity contribution is 5.81. The molecule has 3 aromatic rings. The minimum absolute atomic E-state index is 0.288. The van der Waals surface area contributed by atoms with Gasteiger partial charge in [0.1, 0.15) is 16.9 Å². The summed E-state index contributed by atoms with van der Waals surface area (Å²) < 4.78 is 4.94. The van der Waals surface area contributed by atoms with Crippen LogP contribution in [0.1, 0.15) is 29.9 Å².